The van der Waals surface area contributed by atoms with Crippen molar-refractivity contribution in [1.82, 2.24) is 4.90 Å². The van der Waals surface area contributed by atoms with Crippen LogP contribution in [0.25, 0.3) is 0 Å². The van der Waals surface area contributed by atoms with E-state index in [1.54, 1.807) is 12.1 Å². The summed E-state index contributed by atoms with van der Waals surface area (Å²) in [4.78, 5) is 14.4. The fourth-order valence-electron chi connectivity index (χ4n) is 2.68. The summed E-state index contributed by atoms with van der Waals surface area (Å²) in [6.45, 7) is 4.50. The smallest absolute Gasteiger partial charge is 0.261 e. The first-order chi connectivity index (χ1) is 11.5. The molecule has 2 aromatic rings. The number of aryl methyl sites for hydroxylation is 2. The molecule has 0 aromatic heterocycles. The molecule has 1 aliphatic rings. The van der Waals surface area contributed by atoms with Crippen LogP contribution in [0.3, 0.4) is 0 Å². The number of benzene rings is 2. The van der Waals surface area contributed by atoms with Crippen LogP contribution in [0.2, 0.25) is 0 Å². The molecule has 0 heterocycles. The molecule has 1 amide bonds. The van der Waals surface area contributed by atoms with Crippen molar-refractivity contribution in [2.24, 2.45) is 0 Å². The standard InChI is InChI=1S/C20H22FNO2/c1-14-3-4-15(2)19(11-14)24-13-20(23)22(18-9-10-18)12-16-5-7-17(21)8-6-16/h3-8,11,18H,9-10,12-13H2,1-2H3. The third-order valence-electron chi connectivity index (χ3n) is 4.27. The van der Waals surface area contributed by atoms with Crippen LogP contribution >= 0.6 is 0 Å². The number of carbonyl (C=O) groups excluding carboxylic acids is 1. The van der Waals surface area contributed by atoms with Gasteiger partial charge in [0, 0.05) is 12.6 Å². The molecule has 3 nitrogen and oxygen atoms in total. The van der Waals surface area contributed by atoms with Gasteiger partial charge in [0.25, 0.3) is 5.91 Å². The highest BCUT2D eigenvalue weighted by atomic mass is 19.1. The zero-order valence-electron chi connectivity index (χ0n) is 14.1. The van der Waals surface area contributed by atoms with Crippen LogP contribution in [0.1, 0.15) is 29.5 Å². The lowest BCUT2D eigenvalue weighted by atomic mass is 10.1. The lowest BCUT2D eigenvalue weighted by Crippen LogP contribution is -2.36. The summed E-state index contributed by atoms with van der Waals surface area (Å²) in [6, 6.07) is 12.6. The van der Waals surface area contributed by atoms with E-state index in [1.165, 1.54) is 12.1 Å². The van der Waals surface area contributed by atoms with Gasteiger partial charge in [0.1, 0.15) is 11.6 Å². The van der Waals surface area contributed by atoms with Crippen LogP contribution in [0.15, 0.2) is 42.5 Å². The van der Waals surface area contributed by atoms with Gasteiger partial charge in [-0.05, 0) is 61.6 Å². The lowest BCUT2D eigenvalue weighted by Gasteiger charge is -2.23. The number of carbonyl (C=O) groups is 1. The second-order valence-electron chi connectivity index (χ2n) is 6.44. The number of amides is 1. The number of hydrogen-bond donors (Lipinski definition) is 0. The molecule has 0 unspecified atom stereocenters. The second-order valence-corrected chi connectivity index (χ2v) is 6.44. The SMILES string of the molecule is Cc1ccc(C)c(OCC(=O)N(Cc2ccc(F)cc2)C2CC2)c1. The van der Waals surface area contributed by atoms with E-state index >= 15 is 0 Å². The van der Waals surface area contributed by atoms with E-state index in [0.717, 1.165) is 35.3 Å². The molecule has 0 spiro atoms. The number of hydrogen-bond acceptors (Lipinski definition) is 2. The molecule has 24 heavy (non-hydrogen) atoms. The zero-order chi connectivity index (χ0) is 17.1. The van der Waals surface area contributed by atoms with Gasteiger partial charge in [-0.25, -0.2) is 4.39 Å². The first-order valence-corrected chi connectivity index (χ1v) is 8.27. The van der Waals surface area contributed by atoms with Crippen LogP contribution in [-0.4, -0.2) is 23.5 Å². The third-order valence-corrected chi connectivity index (χ3v) is 4.27. The van der Waals surface area contributed by atoms with Crippen molar-refractivity contribution in [3.8, 4) is 5.75 Å². The quantitative estimate of drug-likeness (QED) is 0.802. The van der Waals surface area contributed by atoms with Gasteiger partial charge < -0.3 is 9.64 Å². The zero-order valence-corrected chi connectivity index (χ0v) is 14.1. The van der Waals surface area contributed by atoms with Crippen molar-refractivity contribution in [2.75, 3.05) is 6.61 Å². The average molecular weight is 327 g/mol. The summed E-state index contributed by atoms with van der Waals surface area (Å²) < 4.78 is 18.8. The normalized spacial score (nSPS) is 13.6. The summed E-state index contributed by atoms with van der Waals surface area (Å²) in [5.74, 6) is 0.463. The molecule has 4 heteroatoms. The molecule has 3 rings (SSSR count). The van der Waals surface area contributed by atoms with Crippen molar-refractivity contribution < 1.29 is 13.9 Å². The Kier molecular flexibility index (Phi) is 4.84. The topological polar surface area (TPSA) is 29.5 Å². The van der Waals surface area contributed by atoms with Crippen LogP contribution in [0.4, 0.5) is 4.39 Å². The number of rotatable bonds is 6. The van der Waals surface area contributed by atoms with Crippen molar-refractivity contribution in [3.05, 3.63) is 65.0 Å². The summed E-state index contributed by atoms with van der Waals surface area (Å²) in [6.07, 6.45) is 2.05. The van der Waals surface area contributed by atoms with E-state index in [4.69, 9.17) is 4.74 Å². The second kappa shape index (κ2) is 7.04. The summed E-state index contributed by atoms with van der Waals surface area (Å²) in [5.41, 5.74) is 3.06. The number of halogens is 1. The van der Waals surface area contributed by atoms with Crippen molar-refractivity contribution in [2.45, 2.75) is 39.3 Å². The Morgan fingerprint density at radius 1 is 1.17 bits per heavy atom. The molecule has 1 fully saturated rings. The highest BCUT2D eigenvalue weighted by molar-refractivity contribution is 5.78. The van der Waals surface area contributed by atoms with Crippen LogP contribution in [0.5, 0.6) is 5.75 Å². The fraction of sp³-hybridized carbons (Fsp3) is 0.350. The molecule has 126 valence electrons. The summed E-state index contributed by atoms with van der Waals surface area (Å²) >= 11 is 0. The lowest BCUT2D eigenvalue weighted by molar-refractivity contribution is -0.134. The molecule has 0 saturated heterocycles. The van der Waals surface area contributed by atoms with E-state index in [1.807, 2.05) is 36.9 Å². The third kappa shape index (κ3) is 4.13. The predicted octanol–water partition coefficient (Wildman–Crippen LogP) is 4.01. The summed E-state index contributed by atoms with van der Waals surface area (Å²) in [7, 11) is 0. The van der Waals surface area contributed by atoms with Gasteiger partial charge in [-0.15, -0.1) is 0 Å². The minimum atomic E-state index is -0.263. The van der Waals surface area contributed by atoms with Gasteiger partial charge in [-0.1, -0.05) is 24.3 Å². The van der Waals surface area contributed by atoms with Gasteiger partial charge in [-0.2, -0.15) is 0 Å². The monoisotopic (exact) mass is 327 g/mol. The van der Waals surface area contributed by atoms with Gasteiger partial charge in [-0.3, -0.25) is 4.79 Å². The molecular formula is C20H22FNO2. The van der Waals surface area contributed by atoms with E-state index in [9.17, 15) is 9.18 Å². The largest absolute Gasteiger partial charge is 0.483 e. The van der Waals surface area contributed by atoms with E-state index in [2.05, 4.69) is 0 Å². The number of ether oxygens (including phenoxy) is 1. The van der Waals surface area contributed by atoms with E-state index in [0.29, 0.717) is 6.54 Å². The van der Waals surface area contributed by atoms with Crippen molar-refractivity contribution in [3.63, 3.8) is 0 Å². The van der Waals surface area contributed by atoms with Gasteiger partial charge >= 0.3 is 0 Å². The molecule has 1 saturated carbocycles. The number of nitrogens with zero attached hydrogens (tertiary/aromatic N) is 1. The fourth-order valence-corrected chi connectivity index (χ4v) is 2.68. The van der Waals surface area contributed by atoms with Crippen LogP contribution < -0.4 is 4.74 Å². The Bertz CT molecular complexity index is 723. The van der Waals surface area contributed by atoms with E-state index in [-0.39, 0.29) is 24.4 Å². The van der Waals surface area contributed by atoms with Crippen LogP contribution in [0, 0.1) is 19.7 Å². The molecule has 1 aliphatic carbocycles. The van der Waals surface area contributed by atoms with Crippen LogP contribution in [-0.2, 0) is 11.3 Å². The molecule has 2 aromatic carbocycles. The van der Waals surface area contributed by atoms with Crippen molar-refractivity contribution >= 4 is 5.91 Å². The maximum absolute atomic E-state index is 13.0. The Morgan fingerprint density at radius 2 is 1.88 bits per heavy atom. The maximum Gasteiger partial charge on any atom is 0.261 e. The van der Waals surface area contributed by atoms with Gasteiger partial charge in [0.15, 0.2) is 6.61 Å². The highest BCUT2D eigenvalue weighted by Crippen LogP contribution is 2.29. The first-order valence-electron chi connectivity index (χ1n) is 8.27. The average Bonchev–Trinajstić information content (AvgIpc) is 3.39. The van der Waals surface area contributed by atoms with Gasteiger partial charge in [0.05, 0.1) is 0 Å². The first kappa shape index (κ1) is 16.5. The van der Waals surface area contributed by atoms with Gasteiger partial charge in [0.2, 0.25) is 0 Å². The van der Waals surface area contributed by atoms with E-state index < -0.39 is 0 Å². The minimum absolute atomic E-state index is 0.0252. The Hall–Kier alpha value is -2.36. The Balaban J connectivity index is 1.64. The molecule has 0 atom stereocenters. The Morgan fingerprint density at radius 3 is 2.54 bits per heavy atom. The maximum atomic E-state index is 13.0. The molecule has 0 N–H and O–H groups in total. The molecule has 0 aliphatic heterocycles. The molecular weight excluding hydrogens is 305 g/mol. The predicted molar refractivity (Wildman–Crippen MR) is 91.4 cm³/mol. The molecule has 0 bridgehead atoms. The Labute approximate surface area is 142 Å². The highest BCUT2D eigenvalue weighted by Gasteiger charge is 2.32. The van der Waals surface area contributed by atoms with Crippen molar-refractivity contribution in [1.29, 1.82) is 0 Å². The summed E-state index contributed by atoms with van der Waals surface area (Å²) in [5, 5.41) is 0. The molecule has 0 radical (unpaired) electrons. The minimum Gasteiger partial charge on any atom is -0.483 e.